The summed E-state index contributed by atoms with van der Waals surface area (Å²) in [4.78, 5) is 73.5. The fourth-order valence-electron chi connectivity index (χ4n) is 3.21. The number of nitrogen functional groups attached to an aromatic ring is 1. The molecule has 0 radical (unpaired) electrons. The van der Waals surface area contributed by atoms with Gasteiger partial charge in [-0.3, -0.25) is 19.4 Å². The van der Waals surface area contributed by atoms with Gasteiger partial charge >= 0.3 is 11.9 Å². The van der Waals surface area contributed by atoms with Gasteiger partial charge in [0.25, 0.3) is 11.5 Å². The molecule has 3 rings (SSSR count). The van der Waals surface area contributed by atoms with Crippen molar-refractivity contribution < 1.29 is 29.4 Å². The van der Waals surface area contributed by atoms with Crippen LogP contribution in [0.1, 0.15) is 28.9 Å². The molecule has 0 bridgehead atoms. The van der Waals surface area contributed by atoms with Gasteiger partial charge in [-0.15, -0.1) is 0 Å². The predicted molar refractivity (Wildman–Crippen MR) is 138 cm³/mol. The number of aliphatic carboxylic acids is 2. The molecule has 1 unspecified atom stereocenters. The number of carbonyl (C=O) groups excluding carboxylic acids is 2. The monoisotopic (exact) mass is 544 g/mol. The first-order chi connectivity index (χ1) is 18.1. The van der Waals surface area contributed by atoms with Crippen LogP contribution >= 0.6 is 12.6 Å². The fourth-order valence-corrected chi connectivity index (χ4v) is 3.46. The van der Waals surface area contributed by atoms with Gasteiger partial charge in [-0.25, -0.2) is 19.6 Å². The van der Waals surface area contributed by atoms with E-state index in [-0.39, 0.29) is 47.8 Å². The van der Waals surface area contributed by atoms with Crippen molar-refractivity contribution in [3.63, 3.8) is 0 Å². The van der Waals surface area contributed by atoms with Crippen LogP contribution in [0.5, 0.6) is 0 Å². The lowest BCUT2D eigenvalue weighted by molar-refractivity contribution is -0.142. The molecule has 8 N–H and O–H groups in total. The summed E-state index contributed by atoms with van der Waals surface area (Å²) in [7, 11) is 0. The Balaban J connectivity index is 1.56. The second kappa shape index (κ2) is 12.5. The molecule has 0 spiro atoms. The highest BCUT2D eigenvalue weighted by molar-refractivity contribution is 7.80. The van der Waals surface area contributed by atoms with Crippen molar-refractivity contribution in [2.75, 3.05) is 16.8 Å². The number of benzene rings is 1. The van der Waals surface area contributed by atoms with Crippen LogP contribution in [-0.2, 0) is 20.9 Å². The number of amides is 2. The first-order valence-corrected chi connectivity index (χ1v) is 11.7. The van der Waals surface area contributed by atoms with Crippen LogP contribution in [0.4, 0.5) is 11.6 Å². The lowest BCUT2D eigenvalue weighted by Gasteiger charge is -2.16. The smallest absolute Gasteiger partial charge is 0.327 e. The normalized spacial score (nSPS) is 12.3. The van der Waals surface area contributed by atoms with E-state index in [1.54, 1.807) is 12.1 Å². The Morgan fingerprint density at radius 2 is 1.71 bits per heavy atom. The van der Waals surface area contributed by atoms with Crippen LogP contribution in [0.3, 0.4) is 0 Å². The van der Waals surface area contributed by atoms with Crippen LogP contribution < -0.4 is 27.2 Å². The van der Waals surface area contributed by atoms with Gasteiger partial charge in [0.2, 0.25) is 11.9 Å². The SMILES string of the molecule is Nc1nc2ncc(CNc3ccc(C(=O)NC(CCC(=O)N[C@@H](CS)C(=O)O)C(=O)O)cc3)nc2c(=O)[nH]1. The summed E-state index contributed by atoms with van der Waals surface area (Å²) in [5.74, 6) is -4.16. The highest BCUT2D eigenvalue weighted by Gasteiger charge is 2.23. The number of hydrogen-bond acceptors (Lipinski definition) is 11. The molecule has 2 atom stereocenters. The van der Waals surface area contributed by atoms with Gasteiger partial charge < -0.3 is 31.9 Å². The molecular weight excluding hydrogens is 520 g/mol. The van der Waals surface area contributed by atoms with Gasteiger partial charge in [0, 0.05) is 23.4 Å². The van der Waals surface area contributed by atoms with Crippen molar-refractivity contribution in [3.05, 3.63) is 52.1 Å². The molecule has 0 fully saturated rings. The zero-order chi connectivity index (χ0) is 27.8. The van der Waals surface area contributed by atoms with Gasteiger partial charge in [0.05, 0.1) is 18.4 Å². The molecular formula is C22H24N8O7S. The Morgan fingerprint density at radius 3 is 2.34 bits per heavy atom. The number of aromatic amines is 1. The maximum Gasteiger partial charge on any atom is 0.327 e. The quantitative estimate of drug-likeness (QED) is 0.133. The molecule has 3 aromatic rings. The lowest BCUT2D eigenvalue weighted by Crippen LogP contribution is -2.44. The van der Waals surface area contributed by atoms with E-state index in [9.17, 15) is 29.1 Å². The molecule has 0 aliphatic heterocycles. The van der Waals surface area contributed by atoms with Gasteiger partial charge in [-0.1, -0.05) is 0 Å². The van der Waals surface area contributed by atoms with E-state index in [0.29, 0.717) is 11.4 Å². The molecule has 2 aromatic heterocycles. The number of aromatic nitrogens is 4. The predicted octanol–water partition coefficient (Wildman–Crippen LogP) is -0.630. The van der Waals surface area contributed by atoms with Crippen molar-refractivity contribution in [1.29, 1.82) is 0 Å². The number of hydrogen-bond donors (Lipinski definition) is 8. The zero-order valence-electron chi connectivity index (χ0n) is 19.7. The van der Waals surface area contributed by atoms with Crippen LogP contribution in [0, 0.1) is 0 Å². The average Bonchev–Trinajstić information content (AvgIpc) is 2.88. The summed E-state index contributed by atoms with van der Waals surface area (Å²) >= 11 is 3.84. The Bertz CT molecular complexity index is 1410. The minimum Gasteiger partial charge on any atom is -0.480 e. The molecule has 15 nitrogen and oxygen atoms in total. The average molecular weight is 545 g/mol. The number of fused-ring (bicyclic) bond motifs is 1. The number of anilines is 2. The highest BCUT2D eigenvalue weighted by Crippen LogP contribution is 2.12. The zero-order valence-corrected chi connectivity index (χ0v) is 20.6. The largest absolute Gasteiger partial charge is 0.480 e. The number of nitrogens with one attached hydrogen (secondary N) is 4. The molecule has 200 valence electrons. The number of nitrogens with two attached hydrogens (primary N) is 1. The molecule has 2 amide bonds. The van der Waals surface area contributed by atoms with Crippen molar-refractivity contribution in [3.8, 4) is 0 Å². The van der Waals surface area contributed by atoms with Crippen LogP contribution in [0.2, 0.25) is 0 Å². The number of H-pyrrole nitrogens is 1. The number of rotatable bonds is 12. The fraction of sp³-hybridized carbons (Fsp3) is 0.273. The standard InChI is InChI=1S/C22H24N8O7S/c23-22-29-17-16(19(33)30-22)26-12(8-25-17)7-24-11-3-1-10(2-4-11)18(32)28-13(20(34)35)5-6-15(31)27-14(9-38)21(36)37/h1-4,8,13-14,24,38H,5-7,9H2,(H,27,31)(H,28,32)(H,34,35)(H,36,37)(H3,23,25,29,30,33)/t13?,14-/m0/s1. The first kappa shape index (κ1) is 27.9. The van der Waals surface area contributed by atoms with Crippen molar-refractivity contribution >= 4 is 59.2 Å². The summed E-state index contributed by atoms with van der Waals surface area (Å²) in [5, 5.41) is 26.0. The maximum atomic E-state index is 12.5. The van der Waals surface area contributed by atoms with E-state index in [1.807, 2.05) is 0 Å². The summed E-state index contributed by atoms with van der Waals surface area (Å²) in [6.07, 6.45) is 0.878. The minimum atomic E-state index is -1.37. The van der Waals surface area contributed by atoms with Gasteiger partial charge in [-0.05, 0) is 30.7 Å². The Hall–Kier alpha value is -4.73. The van der Waals surface area contributed by atoms with Gasteiger partial charge in [0.15, 0.2) is 11.2 Å². The number of thiol groups is 1. The Labute approximate surface area is 219 Å². The van der Waals surface area contributed by atoms with Gasteiger partial charge in [-0.2, -0.15) is 17.6 Å². The molecule has 0 saturated heterocycles. The molecule has 16 heteroatoms. The second-order valence-electron chi connectivity index (χ2n) is 7.96. The van der Waals surface area contributed by atoms with Crippen LogP contribution in [0.15, 0.2) is 35.3 Å². The van der Waals surface area contributed by atoms with E-state index >= 15 is 0 Å². The maximum absolute atomic E-state index is 12.5. The molecule has 38 heavy (non-hydrogen) atoms. The summed E-state index contributed by atoms with van der Waals surface area (Å²) in [6, 6.07) is 3.54. The summed E-state index contributed by atoms with van der Waals surface area (Å²) < 4.78 is 0. The Morgan fingerprint density at radius 1 is 1.03 bits per heavy atom. The van der Waals surface area contributed by atoms with Crippen LogP contribution in [-0.4, -0.2) is 71.7 Å². The first-order valence-electron chi connectivity index (χ1n) is 11.1. The number of nitrogens with zero attached hydrogens (tertiary/aromatic N) is 3. The Kier molecular flexibility index (Phi) is 9.15. The third-order valence-corrected chi connectivity index (χ3v) is 5.55. The molecule has 2 heterocycles. The van der Waals surface area contributed by atoms with E-state index in [2.05, 4.69) is 48.5 Å². The third kappa shape index (κ3) is 7.39. The molecule has 1 aromatic carbocycles. The van der Waals surface area contributed by atoms with Crippen molar-refractivity contribution in [2.24, 2.45) is 0 Å². The number of carboxylic acids is 2. The number of carboxylic acid groups (broad SMARTS) is 2. The van der Waals surface area contributed by atoms with E-state index in [4.69, 9.17) is 10.8 Å². The highest BCUT2D eigenvalue weighted by atomic mass is 32.1. The molecule has 0 aliphatic rings. The summed E-state index contributed by atoms with van der Waals surface area (Å²) in [5.41, 5.74) is 6.37. The van der Waals surface area contributed by atoms with Crippen LogP contribution in [0.25, 0.3) is 11.2 Å². The molecule has 0 saturated carbocycles. The molecule has 0 aliphatic carbocycles. The van der Waals surface area contributed by atoms with E-state index in [0.717, 1.165) is 0 Å². The van der Waals surface area contributed by atoms with Crippen molar-refractivity contribution in [2.45, 2.75) is 31.5 Å². The lowest BCUT2D eigenvalue weighted by atomic mass is 10.1. The second-order valence-corrected chi connectivity index (χ2v) is 8.32. The van der Waals surface area contributed by atoms with Gasteiger partial charge in [0.1, 0.15) is 12.1 Å². The van der Waals surface area contributed by atoms with Crippen molar-refractivity contribution in [1.82, 2.24) is 30.6 Å². The van der Waals surface area contributed by atoms with E-state index < -0.39 is 41.4 Å². The summed E-state index contributed by atoms with van der Waals surface area (Å²) in [6.45, 7) is 0.206. The minimum absolute atomic E-state index is 0.0411. The third-order valence-electron chi connectivity index (χ3n) is 5.19. The number of carbonyl (C=O) groups is 4. The topological polar surface area (TPSA) is 242 Å². The van der Waals surface area contributed by atoms with E-state index in [1.165, 1.54) is 18.3 Å².